The number of pyridine rings is 2. The van der Waals surface area contributed by atoms with Crippen molar-refractivity contribution in [3.8, 4) is 11.5 Å². The number of hydrogen-bond donors (Lipinski definition) is 0. The fraction of sp³-hybridized carbons (Fsp3) is 0.480. The van der Waals surface area contributed by atoms with Crippen LogP contribution in [-0.2, 0) is 23.9 Å². The first-order valence-electron chi connectivity index (χ1n) is 11.3. The lowest BCUT2D eigenvalue weighted by Crippen LogP contribution is -2.75. The summed E-state index contributed by atoms with van der Waals surface area (Å²) in [6, 6.07) is 4.87. The van der Waals surface area contributed by atoms with Crippen LogP contribution in [0, 0.1) is 10.8 Å². The Morgan fingerprint density at radius 3 is 1.61 bits per heavy atom. The van der Waals surface area contributed by atoms with E-state index in [2.05, 4.69) is 9.97 Å². The van der Waals surface area contributed by atoms with Crippen molar-refractivity contribution >= 4 is 17.7 Å². The summed E-state index contributed by atoms with van der Waals surface area (Å²) < 4.78 is 21.2. The molecule has 0 N–H and O–H groups in total. The van der Waals surface area contributed by atoms with E-state index < -0.39 is 40.6 Å². The molecule has 192 valence electrons. The van der Waals surface area contributed by atoms with Crippen LogP contribution >= 0.6 is 0 Å². The quantitative estimate of drug-likeness (QED) is 0.420. The second-order valence-corrected chi connectivity index (χ2v) is 9.14. The van der Waals surface area contributed by atoms with Gasteiger partial charge < -0.3 is 23.8 Å². The fourth-order valence-electron chi connectivity index (χ4n) is 5.95. The maximum atomic E-state index is 14.6. The molecule has 2 aromatic heterocycles. The Kier molecular flexibility index (Phi) is 6.72. The van der Waals surface area contributed by atoms with Crippen molar-refractivity contribution in [2.24, 2.45) is 10.8 Å². The van der Waals surface area contributed by atoms with Crippen molar-refractivity contribution in [2.45, 2.75) is 12.1 Å². The van der Waals surface area contributed by atoms with Crippen LogP contribution in [0.3, 0.4) is 0 Å². The molecule has 4 atom stereocenters. The van der Waals surface area contributed by atoms with Gasteiger partial charge in [-0.15, -0.1) is 0 Å². The zero-order valence-electron chi connectivity index (χ0n) is 21.2. The number of hydrogen-bond acceptors (Lipinski definition) is 11. The van der Waals surface area contributed by atoms with Gasteiger partial charge in [0.05, 0.1) is 51.9 Å². The molecule has 0 aromatic carbocycles. The molecular formula is C25H30N4O7. The molecule has 11 heteroatoms. The monoisotopic (exact) mass is 498 g/mol. The molecule has 2 aliphatic heterocycles. The minimum Gasteiger partial charge on any atom is -0.497 e. The predicted molar refractivity (Wildman–Crippen MR) is 126 cm³/mol. The number of fused-ring (bicyclic) bond motifs is 2. The van der Waals surface area contributed by atoms with Gasteiger partial charge in [0.2, 0.25) is 0 Å². The number of nitrogens with zero attached hydrogens (tertiary/aromatic N) is 4. The maximum absolute atomic E-state index is 14.6. The van der Waals surface area contributed by atoms with Gasteiger partial charge in [-0.3, -0.25) is 29.3 Å². The first-order valence-corrected chi connectivity index (χ1v) is 11.3. The number of methoxy groups -OCH3 is 4. The summed E-state index contributed by atoms with van der Waals surface area (Å²) in [4.78, 5) is 54.4. The molecule has 0 radical (unpaired) electrons. The number of ether oxygens (including phenoxy) is 4. The summed E-state index contributed by atoms with van der Waals surface area (Å²) in [7, 11) is 8.98. The van der Waals surface area contributed by atoms with Gasteiger partial charge in [-0.2, -0.15) is 0 Å². The van der Waals surface area contributed by atoms with E-state index in [4.69, 9.17) is 18.9 Å². The van der Waals surface area contributed by atoms with Crippen molar-refractivity contribution in [1.82, 2.24) is 19.8 Å². The Hall–Kier alpha value is -3.57. The predicted octanol–water partition coefficient (Wildman–Crippen LogP) is 1.05. The molecule has 0 aliphatic carbocycles. The lowest BCUT2D eigenvalue weighted by molar-refractivity contribution is -0.202. The van der Waals surface area contributed by atoms with E-state index in [-0.39, 0.29) is 13.1 Å². The number of rotatable bonds is 6. The molecule has 4 unspecified atom stereocenters. The highest BCUT2D eigenvalue weighted by atomic mass is 16.5. The van der Waals surface area contributed by atoms with Crippen molar-refractivity contribution in [3.63, 3.8) is 0 Å². The summed E-state index contributed by atoms with van der Waals surface area (Å²) in [6.45, 7) is 0.0345. The third kappa shape index (κ3) is 3.53. The molecule has 4 rings (SSSR count). The standard InChI is InChI=1S/C25H30N4O7/c1-28-13-24(22(31)35-5)19(17-11-15(33-3)7-9-26-17)29(2)20(18-12-16(34-4)8-10-27-18)25(14-28,21(24)30)23(32)36-6/h7-12,19-20H,13-14H2,1-6H3. The molecule has 4 heterocycles. The Bertz CT molecular complexity index is 1100. The van der Waals surface area contributed by atoms with Crippen molar-refractivity contribution in [2.75, 3.05) is 55.6 Å². The van der Waals surface area contributed by atoms with Gasteiger partial charge in [-0.05, 0) is 26.2 Å². The van der Waals surface area contributed by atoms with E-state index in [9.17, 15) is 14.4 Å². The van der Waals surface area contributed by atoms with E-state index >= 15 is 0 Å². The van der Waals surface area contributed by atoms with E-state index in [1.54, 1.807) is 60.6 Å². The van der Waals surface area contributed by atoms with Crippen molar-refractivity contribution < 1.29 is 33.3 Å². The number of carbonyl (C=O) groups is 3. The normalized spacial score (nSPS) is 28.3. The first-order chi connectivity index (χ1) is 17.2. The molecule has 2 aliphatic rings. The van der Waals surface area contributed by atoms with Crippen molar-refractivity contribution in [1.29, 1.82) is 0 Å². The largest absolute Gasteiger partial charge is 0.497 e. The molecule has 2 aromatic rings. The van der Waals surface area contributed by atoms with Crippen LogP contribution in [0.15, 0.2) is 36.7 Å². The highest BCUT2D eigenvalue weighted by molar-refractivity contribution is 6.17. The third-order valence-corrected chi connectivity index (χ3v) is 7.23. The number of aromatic nitrogens is 2. The summed E-state index contributed by atoms with van der Waals surface area (Å²) in [5, 5.41) is 0. The van der Waals surface area contributed by atoms with Gasteiger partial charge in [0, 0.05) is 37.6 Å². The van der Waals surface area contributed by atoms with E-state index in [1.807, 2.05) is 0 Å². The SMILES string of the molecule is COC(=O)C12CN(C)CC(C(=O)OC)(C1=O)C(c1cc(OC)ccn1)N(C)C2c1cc(OC)ccn1. The molecule has 0 amide bonds. The number of esters is 2. The van der Waals surface area contributed by atoms with Crippen LogP contribution in [0.1, 0.15) is 23.5 Å². The second kappa shape index (κ2) is 9.47. The van der Waals surface area contributed by atoms with Gasteiger partial charge in [0.15, 0.2) is 16.6 Å². The number of carbonyl (C=O) groups excluding carboxylic acids is 3. The fourth-order valence-corrected chi connectivity index (χ4v) is 5.95. The molecule has 0 spiro atoms. The summed E-state index contributed by atoms with van der Waals surface area (Å²) >= 11 is 0. The van der Waals surface area contributed by atoms with Crippen LogP contribution in [0.25, 0.3) is 0 Å². The average Bonchev–Trinajstić information content (AvgIpc) is 2.89. The lowest BCUT2D eigenvalue weighted by Gasteiger charge is -2.60. The van der Waals surface area contributed by atoms with Gasteiger partial charge >= 0.3 is 11.9 Å². The van der Waals surface area contributed by atoms with Crippen LogP contribution in [0.4, 0.5) is 0 Å². The summed E-state index contributed by atoms with van der Waals surface area (Å²) in [5.41, 5.74) is -2.73. The topological polar surface area (TPSA) is 120 Å². The lowest BCUT2D eigenvalue weighted by atomic mass is 9.54. The zero-order valence-corrected chi connectivity index (χ0v) is 21.2. The van der Waals surface area contributed by atoms with E-state index in [0.29, 0.717) is 22.9 Å². The third-order valence-electron chi connectivity index (χ3n) is 7.23. The molecule has 2 fully saturated rings. The number of piperidine rings is 2. The minimum absolute atomic E-state index is 0.0173. The van der Waals surface area contributed by atoms with Crippen molar-refractivity contribution in [3.05, 3.63) is 48.0 Å². The molecule has 2 bridgehead atoms. The number of Topliss-reactive ketones (excluding diaryl/α,β-unsaturated/α-hetero) is 1. The Balaban J connectivity index is 2.08. The summed E-state index contributed by atoms with van der Waals surface area (Å²) in [5.74, 6) is -1.09. The zero-order chi connectivity index (χ0) is 26.3. The Morgan fingerprint density at radius 2 is 1.25 bits per heavy atom. The second-order valence-electron chi connectivity index (χ2n) is 9.14. The van der Waals surface area contributed by atoms with Gasteiger partial charge in [0.1, 0.15) is 11.5 Å². The molecule has 11 nitrogen and oxygen atoms in total. The maximum Gasteiger partial charge on any atom is 0.322 e. The van der Waals surface area contributed by atoms with E-state index in [1.165, 1.54) is 28.4 Å². The Morgan fingerprint density at radius 1 is 0.833 bits per heavy atom. The van der Waals surface area contributed by atoms with Crippen LogP contribution in [0.2, 0.25) is 0 Å². The minimum atomic E-state index is -1.78. The highest BCUT2D eigenvalue weighted by Gasteiger charge is 2.75. The average molecular weight is 499 g/mol. The van der Waals surface area contributed by atoms with Gasteiger partial charge in [0.25, 0.3) is 0 Å². The van der Waals surface area contributed by atoms with Gasteiger partial charge in [-0.1, -0.05) is 0 Å². The first kappa shape index (κ1) is 25.5. The smallest absolute Gasteiger partial charge is 0.322 e. The Labute approximate surface area is 209 Å². The molecule has 2 saturated heterocycles. The molecule has 0 saturated carbocycles. The molecule has 36 heavy (non-hydrogen) atoms. The number of ketones is 1. The van der Waals surface area contributed by atoms with Crippen LogP contribution < -0.4 is 9.47 Å². The highest BCUT2D eigenvalue weighted by Crippen LogP contribution is 2.60. The van der Waals surface area contributed by atoms with Crippen LogP contribution in [0.5, 0.6) is 11.5 Å². The van der Waals surface area contributed by atoms with Gasteiger partial charge in [-0.25, -0.2) is 0 Å². The summed E-state index contributed by atoms with van der Waals surface area (Å²) in [6.07, 6.45) is 3.09. The van der Waals surface area contributed by atoms with E-state index in [0.717, 1.165) is 0 Å². The molecular weight excluding hydrogens is 468 g/mol. The van der Waals surface area contributed by atoms with Crippen LogP contribution in [-0.4, -0.2) is 93.1 Å². The number of likely N-dealkylation sites (tertiary alicyclic amines) is 2.